The smallest absolute Gasteiger partial charge is 0.808 e. The van der Waals surface area contributed by atoms with Crippen LogP contribution in [-0.2, 0) is 9.13 Å². The molecule has 14 heteroatoms. The Balaban J connectivity index is -0.000000163. The van der Waals surface area contributed by atoms with Crippen molar-refractivity contribution in [3.63, 3.8) is 0 Å². The Labute approximate surface area is 200 Å². The van der Waals surface area contributed by atoms with Crippen LogP contribution in [0.5, 0.6) is 0 Å². The van der Waals surface area contributed by atoms with Gasteiger partial charge in [0.1, 0.15) is 0 Å². The molecule has 1 radical (unpaired) electrons. The van der Waals surface area contributed by atoms with E-state index in [1.54, 1.807) is 0 Å². The number of aliphatic hydroxyl groups is 1. The van der Waals surface area contributed by atoms with Gasteiger partial charge in [0.2, 0.25) is 0 Å². The Kier molecular flexibility index (Phi) is 26.5. The molecule has 0 aromatic heterocycles. The predicted octanol–water partition coefficient (Wildman–Crippen LogP) is -12.1. The molecule has 0 fully saturated rings. The summed E-state index contributed by atoms with van der Waals surface area (Å²) in [6.07, 6.45) is -0.762. The summed E-state index contributed by atoms with van der Waals surface area (Å²) in [6, 6.07) is 0. The van der Waals surface area contributed by atoms with Crippen molar-refractivity contribution in [2.24, 2.45) is 5.73 Å². The monoisotopic (exact) mass is 352 g/mol. The van der Waals surface area contributed by atoms with Gasteiger partial charge in [-0.05, 0) is 33.4 Å². The molecule has 0 bridgehead atoms. The fourth-order valence-electron chi connectivity index (χ4n) is 0.939. The molecule has 0 saturated heterocycles. The van der Waals surface area contributed by atoms with Gasteiger partial charge in [0.25, 0.3) is 0 Å². The quantitative estimate of drug-likeness (QED) is 0.240. The Bertz CT molecular complexity index is 286. The summed E-state index contributed by atoms with van der Waals surface area (Å²) >= 11 is 0. The van der Waals surface area contributed by atoms with Crippen molar-refractivity contribution >= 4 is 44.7 Å². The summed E-state index contributed by atoms with van der Waals surface area (Å²) in [6.45, 7) is 0.146. The number of hydrogen-bond donors (Lipinski definition) is 3. The fraction of sp³-hybridized carbons (Fsp3) is 1.00. The topological polar surface area (TPSA) is 170 Å². The average Bonchev–Trinajstić information content (AvgIpc) is 2.00. The summed E-state index contributed by atoms with van der Waals surface area (Å²) < 4.78 is 21.2. The van der Waals surface area contributed by atoms with Crippen LogP contribution in [0.3, 0.4) is 0 Å². The van der Waals surface area contributed by atoms with Crippen LogP contribution in [0.25, 0.3) is 0 Å². The van der Waals surface area contributed by atoms with Gasteiger partial charge >= 0.3 is 88.7 Å². The molecule has 0 aliphatic carbocycles. The second-order valence-electron chi connectivity index (χ2n) is 3.04. The van der Waals surface area contributed by atoms with E-state index in [0.29, 0.717) is 0 Å². The van der Waals surface area contributed by atoms with Crippen LogP contribution in [0.15, 0.2) is 0 Å². The molecule has 0 aliphatic rings. The number of nitrogens with two attached hydrogens (primary N) is 1. The maximum Gasteiger partial charge on any atom is 1.00 e. The van der Waals surface area contributed by atoms with Gasteiger partial charge < -0.3 is 39.5 Å². The first-order valence-electron chi connectivity index (χ1n) is 4.05. The number of hydrogen-bond acceptors (Lipinski definition) is 7. The van der Waals surface area contributed by atoms with Crippen LogP contribution < -0.4 is 109 Å². The molecule has 4 N–H and O–H groups in total. The minimum absolute atomic E-state index is 0. The van der Waals surface area contributed by atoms with Crippen LogP contribution in [0.4, 0.5) is 0 Å². The molecule has 93 valence electrons. The molecular formula is C5H12NNa4O7P2. The second-order valence-corrected chi connectivity index (χ2v) is 6.91. The normalized spacial score (nSPS) is 16.3. The van der Waals surface area contributed by atoms with E-state index < -0.39 is 26.7 Å². The zero-order chi connectivity index (χ0) is 12.3. The van der Waals surface area contributed by atoms with Crippen LogP contribution in [0.1, 0.15) is 19.3 Å². The van der Waals surface area contributed by atoms with E-state index in [4.69, 9.17) is 15.7 Å². The minimum atomic E-state index is -5.86. The first kappa shape index (κ1) is 34.5. The molecule has 0 aromatic carbocycles. The summed E-state index contributed by atoms with van der Waals surface area (Å²) in [5.41, 5.74) is 5.06. The summed E-state index contributed by atoms with van der Waals surface area (Å²) in [5, 5.41) is 5.53. The van der Waals surface area contributed by atoms with E-state index in [1.165, 1.54) is 0 Å². The maximum atomic E-state index is 10.6. The van der Waals surface area contributed by atoms with Gasteiger partial charge in [0.05, 0.1) is 0 Å². The van der Waals surface area contributed by atoms with E-state index in [9.17, 15) is 23.8 Å². The molecule has 0 amide bonds. The first-order valence-corrected chi connectivity index (χ1v) is 7.17. The van der Waals surface area contributed by atoms with Gasteiger partial charge in [-0.15, -0.1) is 0 Å². The largest absolute Gasteiger partial charge is 1.00 e. The molecule has 0 aromatic rings. The standard InChI is InChI=1S/C5H15NO7P2.4Na/c6-4-2-1-3-5(7,14(8,9)10)15(11,12)13;;;;/h7H,1-4,6H2,(H2,8,9,10)(H2,11,12,13);;;;/q;;3*+1/p-3. The van der Waals surface area contributed by atoms with Gasteiger partial charge in [-0.25, -0.2) is 0 Å². The molecular weight excluding hydrogens is 340 g/mol. The molecule has 0 spiro atoms. The number of unbranched alkanes of at least 4 members (excludes halogenated alkanes) is 1. The van der Waals surface area contributed by atoms with Crippen molar-refractivity contribution in [3.05, 3.63) is 0 Å². The zero-order valence-corrected chi connectivity index (χ0v) is 21.5. The zero-order valence-electron chi connectivity index (χ0n) is 11.7. The Morgan fingerprint density at radius 1 is 1.05 bits per heavy atom. The molecule has 2 atom stereocenters. The summed E-state index contributed by atoms with van der Waals surface area (Å²) in [5.74, 6) is 0. The van der Waals surface area contributed by atoms with Crippen LogP contribution in [-0.4, -0.2) is 51.2 Å². The third kappa shape index (κ3) is 11.4. The summed E-state index contributed by atoms with van der Waals surface area (Å²) in [7, 11) is -11.5. The van der Waals surface area contributed by atoms with E-state index in [2.05, 4.69) is 0 Å². The predicted molar refractivity (Wildman–Crippen MR) is 51.0 cm³/mol. The fourth-order valence-corrected chi connectivity index (χ4v) is 3.05. The Morgan fingerprint density at radius 3 is 1.63 bits per heavy atom. The molecule has 19 heavy (non-hydrogen) atoms. The second kappa shape index (κ2) is 14.6. The minimum Gasteiger partial charge on any atom is -0.808 e. The van der Waals surface area contributed by atoms with Gasteiger partial charge in [-0.1, -0.05) is 0 Å². The van der Waals surface area contributed by atoms with Crippen molar-refractivity contribution in [1.82, 2.24) is 0 Å². The van der Waals surface area contributed by atoms with Crippen molar-refractivity contribution in [1.29, 1.82) is 0 Å². The van der Waals surface area contributed by atoms with Gasteiger partial charge in [0, 0.05) is 29.6 Å². The van der Waals surface area contributed by atoms with Crippen molar-refractivity contribution < 1.29 is 122 Å². The summed E-state index contributed by atoms with van der Waals surface area (Å²) in [4.78, 5) is 40.2. The van der Waals surface area contributed by atoms with Crippen LogP contribution in [0, 0.1) is 0 Å². The van der Waals surface area contributed by atoms with Gasteiger partial charge in [-0.2, -0.15) is 0 Å². The van der Waals surface area contributed by atoms with Crippen molar-refractivity contribution in [2.45, 2.75) is 24.3 Å². The molecule has 8 nitrogen and oxygen atoms in total. The van der Waals surface area contributed by atoms with E-state index in [0.717, 1.165) is 0 Å². The molecule has 0 rings (SSSR count). The SMILES string of the molecule is NCCCCC(O)(P(=O)([O-])[O-])P(=O)([O-])O.[Na+].[Na+].[Na+].[Na]. The van der Waals surface area contributed by atoms with E-state index >= 15 is 0 Å². The van der Waals surface area contributed by atoms with Crippen molar-refractivity contribution in [2.75, 3.05) is 6.54 Å². The van der Waals surface area contributed by atoms with E-state index in [-0.39, 0.29) is 138 Å². The molecule has 0 aliphatic heterocycles. The first-order chi connectivity index (χ1) is 6.56. The van der Waals surface area contributed by atoms with Crippen LogP contribution >= 0.6 is 15.2 Å². The third-order valence-electron chi connectivity index (χ3n) is 1.86. The molecule has 0 saturated carbocycles. The number of rotatable bonds is 6. The Hall–Kier alpha value is 4.22. The third-order valence-corrected chi connectivity index (χ3v) is 5.58. The van der Waals surface area contributed by atoms with Gasteiger partial charge in [-0.3, -0.25) is 0 Å². The van der Waals surface area contributed by atoms with E-state index in [1.807, 2.05) is 0 Å². The maximum absolute atomic E-state index is 10.6. The van der Waals surface area contributed by atoms with Crippen LogP contribution in [0.2, 0.25) is 0 Å². The Morgan fingerprint density at radius 2 is 1.42 bits per heavy atom. The van der Waals surface area contributed by atoms with Gasteiger partial charge in [0.15, 0.2) is 12.7 Å². The van der Waals surface area contributed by atoms with Crippen molar-refractivity contribution in [3.8, 4) is 0 Å². The molecule has 2 unspecified atom stereocenters. The molecule has 0 heterocycles. The average molecular weight is 352 g/mol.